The molecule has 31 heavy (non-hydrogen) atoms. The third-order valence-corrected chi connectivity index (χ3v) is 10.00. The molecule has 4 aliphatic rings. The van der Waals surface area contributed by atoms with Gasteiger partial charge in [0.1, 0.15) is 0 Å². The molecule has 4 heterocycles. The van der Waals surface area contributed by atoms with Gasteiger partial charge in [-0.25, -0.2) is 0 Å². The maximum Gasteiger partial charge on any atom is 0.305 e. The Morgan fingerprint density at radius 2 is 2.00 bits per heavy atom. The molecule has 0 spiro atoms. The van der Waals surface area contributed by atoms with Gasteiger partial charge < -0.3 is 10.1 Å². The van der Waals surface area contributed by atoms with Crippen LogP contribution in [0.3, 0.4) is 0 Å². The van der Waals surface area contributed by atoms with Gasteiger partial charge in [0.2, 0.25) is 11.8 Å². The van der Waals surface area contributed by atoms with Crippen LogP contribution in [-0.2, 0) is 14.4 Å². The summed E-state index contributed by atoms with van der Waals surface area (Å²) in [5.41, 5.74) is 1.03. The van der Waals surface area contributed by atoms with Gasteiger partial charge in [-0.05, 0) is 35.8 Å². The molecule has 2 aliphatic heterocycles. The number of rotatable bonds is 4. The number of thiazole rings is 1. The number of aromatic amines is 1. The van der Waals surface area contributed by atoms with E-state index in [9.17, 15) is 19.2 Å². The summed E-state index contributed by atoms with van der Waals surface area (Å²) in [6.45, 7) is -0.0609. The Bertz CT molecular complexity index is 1160. The average Bonchev–Trinajstić information content (AvgIpc) is 3.46. The number of nitrogens with zero attached hydrogens (tertiary/aromatic N) is 2. The van der Waals surface area contributed by atoms with E-state index in [1.165, 1.54) is 16.2 Å². The smallest absolute Gasteiger partial charge is 0.305 e. The lowest BCUT2D eigenvalue weighted by molar-refractivity contribution is -0.142. The number of carboxylic acids is 1. The van der Waals surface area contributed by atoms with Crippen LogP contribution in [0.15, 0.2) is 34.3 Å². The van der Waals surface area contributed by atoms with Crippen LogP contribution in [0.25, 0.3) is 0 Å². The van der Waals surface area contributed by atoms with Crippen LogP contribution in [0, 0.1) is 29.6 Å². The maximum absolute atomic E-state index is 13.2. The lowest BCUT2D eigenvalue weighted by Crippen LogP contribution is -2.42. The fourth-order valence-corrected chi connectivity index (χ4v) is 9.33. The molecular formula is C21H19N3O5S2. The fourth-order valence-electron chi connectivity index (χ4n) is 6.44. The summed E-state index contributed by atoms with van der Waals surface area (Å²) in [6, 6.07) is 3.90. The van der Waals surface area contributed by atoms with Crippen LogP contribution >= 0.6 is 23.1 Å². The monoisotopic (exact) mass is 457 g/mol. The molecule has 0 unspecified atom stereocenters. The zero-order valence-electron chi connectivity index (χ0n) is 16.3. The standard InChI is InChI=1S/C21H19N3O5S2/c25-11(26)3-5-24-19(27)14-9-6-10(15(14)20(24)28)16-13(9)12(8-2-1-4-22-7-8)17-18(30-16)23-21(29)31-17/h1-2,4,7,9-10,12-16H,3,5-6H2,(H,23,29)(H,25,26)/t9-,10+,12-,13+,14+,15+,16+/m0/s1. The summed E-state index contributed by atoms with van der Waals surface area (Å²) in [4.78, 5) is 58.8. The highest BCUT2D eigenvalue weighted by atomic mass is 32.2. The quantitative estimate of drug-likeness (QED) is 0.672. The summed E-state index contributed by atoms with van der Waals surface area (Å²) in [6.07, 6.45) is 4.13. The van der Waals surface area contributed by atoms with Gasteiger partial charge in [0, 0.05) is 35.0 Å². The number of hydrogen-bond donors (Lipinski definition) is 2. The molecule has 10 heteroatoms. The largest absolute Gasteiger partial charge is 0.481 e. The van der Waals surface area contributed by atoms with E-state index in [0.717, 1.165) is 21.9 Å². The Labute approximate surface area is 185 Å². The molecule has 2 aromatic heterocycles. The van der Waals surface area contributed by atoms with E-state index in [4.69, 9.17) is 5.11 Å². The number of carboxylic acid groups (broad SMARTS) is 1. The number of aliphatic carboxylic acids is 1. The number of fused-ring (bicyclic) bond motifs is 9. The van der Waals surface area contributed by atoms with Crippen LogP contribution < -0.4 is 4.87 Å². The van der Waals surface area contributed by atoms with Crippen molar-refractivity contribution < 1.29 is 19.5 Å². The van der Waals surface area contributed by atoms with E-state index in [2.05, 4.69) is 9.97 Å². The number of amides is 2. The van der Waals surface area contributed by atoms with Crippen LogP contribution in [0.1, 0.15) is 29.2 Å². The molecule has 6 rings (SSSR count). The number of H-pyrrole nitrogens is 1. The van der Waals surface area contributed by atoms with Gasteiger partial charge in [-0.1, -0.05) is 17.4 Å². The van der Waals surface area contributed by atoms with Crippen molar-refractivity contribution in [2.45, 2.75) is 29.0 Å². The SMILES string of the molecule is O=C(O)CCN1C(=O)[C@@H]2[C@H]3C[C@@H]([C@H]4Sc5[nH]c(=O)sc5[C@@H](c5cccnc5)[C@@H]34)[C@H]2C1=O. The summed E-state index contributed by atoms with van der Waals surface area (Å²) >= 11 is 2.86. The first-order valence-corrected chi connectivity index (χ1v) is 12.0. The number of nitrogens with one attached hydrogen (secondary N) is 1. The Balaban J connectivity index is 1.41. The number of likely N-dealkylation sites (tertiary alicyclic amines) is 1. The van der Waals surface area contributed by atoms with Gasteiger partial charge in [0.25, 0.3) is 0 Å². The second-order valence-electron chi connectivity index (χ2n) is 8.72. The lowest BCUT2D eigenvalue weighted by atomic mass is 9.68. The minimum Gasteiger partial charge on any atom is -0.481 e. The molecule has 2 aliphatic carbocycles. The molecule has 2 saturated carbocycles. The second-order valence-corrected chi connectivity index (χ2v) is 10.9. The summed E-state index contributed by atoms with van der Waals surface area (Å²) < 4.78 is 0. The van der Waals surface area contributed by atoms with Crippen molar-refractivity contribution >= 4 is 40.9 Å². The zero-order chi connectivity index (χ0) is 21.4. The first-order valence-electron chi connectivity index (χ1n) is 10.3. The Morgan fingerprint density at radius 1 is 1.23 bits per heavy atom. The predicted molar refractivity (Wildman–Crippen MR) is 112 cm³/mol. The maximum atomic E-state index is 13.2. The third-order valence-electron chi connectivity index (χ3n) is 7.41. The Hall–Kier alpha value is -2.46. The van der Waals surface area contributed by atoms with Gasteiger partial charge in [-0.15, -0.1) is 11.8 Å². The van der Waals surface area contributed by atoms with Gasteiger partial charge >= 0.3 is 10.8 Å². The van der Waals surface area contributed by atoms with Crippen LogP contribution in [-0.4, -0.2) is 49.6 Å². The van der Waals surface area contributed by atoms with Gasteiger partial charge in [0.15, 0.2) is 0 Å². The third kappa shape index (κ3) is 2.64. The molecule has 7 atom stereocenters. The van der Waals surface area contributed by atoms with Crippen molar-refractivity contribution in [2.75, 3.05) is 6.54 Å². The molecule has 2 N–H and O–H groups in total. The van der Waals surface area contributed by atoms with E-state index in [0.29, 0.717) is 0 Å². The topological polar surface area (TPSA) is 120 Å². The van der Waals surface area contributed by atoms with Crippen molar-refractivity contribution in [3.63, 3.8) is 0 Å². The molecule has 2 amide bonds. The molecular weight excluding hydrogens is 438 g/mol. The van der Waals surface area contributed by atoms with Crippen molar-refractivity contribution in [3.8, 4) is 0 Å². The first-order chi connectivity index (χ1) is 15.0. The Morgan fingerprint density at radius 3 is 2.71 bits per heavy atom. The first kappa shape index (κ1) is 19.2. The molecule has 3 fully saturated rings. The molecule has 1 saturated heterocycles. The zero-order valence-corrected chi connectivity index (χ0v) is 17.9. The summed E-state index contributed by atoms with van der Waals surface area (Å²) in [5, 5.41) is 10.0. The van der Waals surface area contributed by atoms with E-state index in [1.807, 2.05) is 18.3 Å². The molecule has 8 nitrogen and oxygen atoms in total. The number of thioether (sulfide) groups is 1. The highest BCUT2D eigenvalue weighted by Gasteiger charge is 2.69. The van der Waals surface area contributed by atoms with E-state index >= 15 is 0 Å². The van der Waals surface area contributed by atoms with Crippen molar-refractivity contribution in [1.82, 2.24) is 14.9 Å². The molecule has 0 radical (unpaired) electrons. The van der Waals surface area contributed by atoms with Crippen LogP contribution in [0.2, 0.25) is 0 Å². The van der Waals surface area contributed by atoms with E-state index < -0.39 is 5.97 Å². The molecule has 2 aromatic rings. The Kier molecular flexibility index (Phi) is 4.20. The lowest BCUT2D eigenvalue weighted by Gasteiger charge is -2.42. The molecule has 160 valence electrons. The van der Waals surface area contributed by atoms with E-state index in [-0.39, 0.29) is 70.4 Å². The van der Waals surface area contributed by atoms with Crippen molar-refractivity contribution in [2.24, 2.45) is 29.6 Å². The van der Waals surface area contributed by atoms with Crippen LogP contribution in [0.4, 0.5) is 0 Å². The van der Waals surface area contributed by atoms with Crippen LogP contribution in [0.5, 0.6) is 0 Å². The average molecular weight is 458 g/mol. The number of carbonyl (C=O) groups excluding carboxylic acids is 2. The normalized spacial score (nSPS) is 35.2. The van der Waals surface area contributed by atoms with Gasteiger partial charge in [-0.2, -0.15) is 0 Å². The van der Waals surface area contributed by atoms with Gasteiger partial charge in [0.05, 0.1) is 23.3 Å². The molecule has 2 bridgehead atoms. The number of carbonyl (C=O) groups is 3. The van der Waals surface area contributed by atoms with Crippen molar-refractivity contribution in [1.29, 1.82) is 0 Å². The number of imide groups is 1. The number of aromatic nitrogens is 2. The minimum absolute atomic E-state index is 0.0363. The highest BCUT2D eigenvalue weighted by molar-refractivity contribution is 8.00. The summed E-state index contributed by atoms with van der Waals surface area (Å²) in [7, 11) is 0. The predicted octanol–water partition coefficient (Wildman–Crippen LogP) is 1.78. The minimum atomic E-state index is -1.02. The van der Waals surface area contributed by atoms with E-state index in [1.54, 1.807) is 18.0 Å². The van der Waals surface area contributed by atoms with Crippen molar-refractivity contribution in [3.05, 3.63) is 44.6 Å². The fraction of sp³-hybridized carbons (Fsp3) is 0.476. The summed E-state index contributed by atoms with van der Waals surface area (Å²) in [5.74, 6) is -2.03. The number of pyridine rings is 1. The number of hydrogen-bond acceptors (Lipinski definition) is 7. The molecule has 0 aromatic carbocycles. The second kappa shape index (κ2) is 6.77. The highest BCUT2D eigenvalue weighted by Crippen LogP contribution is 2.68. The van der Waals surface area contributed by atoms with Gasteiger partial charge in [-0.3, -0.25) is 29.1 Å².